The Morgan fingerprint density at radius 1 is 0.297 bits per heavy atom. The summed E-state index contributed by atoms with van der Waals surface area (Å²) in [4.78, 5) is 58.1. The number of carbonyl (C=O) groups is 5. The van der Waals surface area contributed by atoms with Gasteiger partial charge in [0.05, 0.1) is 29.6 Å². The molecule has 810 valence electrons. The number of thioether (sulfide) groups is 5. The van der Waals surface area contributed by atoms with E-state index in [4.69, 9.17) is 4.74 Å². The van der Waals surface area contributed by atoms with E-state index >= 15 is 0 Å². The van der Waals surface area contributed by atoms with E-state index in [0.29, 0.717) is 81.0 Å². The van der Waals surface area contributed by atoms with Gasteiger partial charge in [0.1, 0.15) is 34.8 Å². The Morgan fingerprint density at radius 3 is 0.800 bits per heavy atom. The molecule has 0 aliphatic heterocycles. The largest absolute Gasteiger partial charge is 0.481 e. The van der Waals surface area contributed by atoms with Crippen molar-refractivity contribution in [3.8, 4) is 5.75 Å². The molecule has 145 heavy (non-hydrogen) atoms. The van der Waals surface area contributed by atoms with Crippen LogP contribution in [0.2, 0.25) is 0 Å². The van der Waals surface area contributed by atoms with Crippen molar-refractivity contribution in [3.63, 3.8) is 0 Å². The SMILES string of the molecule is CC1CCC(C2CCC(C(=O)Oc3ccc(SC(F)F)c(F)c3)CC2)CC1.CCC1CCC(C2(c3ccc(SC(F)F)c(F)c3)CCC(C(=O)O)CC2)CC1.CCCC1CCC(C2(c3ccc(SC(F)F)c(F)c3)CCC(C(=O)O)CC2)CC1.CCCCC1CCC(C2(c3ccc(SC(F)F)c(F)c3)CCC(C(=O)O)CC2)CC1.CCCCCC1CCC(C2(c3ccc(SC(F)F)c(F)c3)CCC(C(=O)O)CC2)CC1. The molecule has 0 bridgehead atoms. The third-order valence-electron chi connectivity index (χ3n) is 35.9. The van der Waals surface area contributed by atoms with Crippen LogP contribution in [0.3, 0.4) is 0 Å². The number of hydrogen-bond acceptors (Lipinski definition) is 11. The van der Waals surface area contributed by atoms with Crippen LogP contribution in [-0.4, -0.2) is 79.1 Å². The predicted octanol–water partition coefficient (Wildman–Crippen LogP) is 36.5. The predicted molar refractivity (Wildman–Crippen MR) is 549 cm³/mol. The molecule has 30 heteroatoms. The molecule has 4 N–H and O–H groups in total. The van der Waals surface area contributed by atoms with E-state index < -0.39 is 81.8 Å². The van der Waals surface area contributed by atoms with Crippen molar-refractivity contribution in [2.45, 2.75) is 431 Å². The van der Waals surface area contributed by atoms with Crippen molar-refractivity contribution in [1.82, 2.24) is 0 Å². The molecule has 0 spiro atoms. The molecule has 5 aromatic rings. The normalized spacial score (nSPS) is 29.9. The Morgan fingerprint density at radius 2 is 0.552 bits per heavy atom. The minimum Gasteiger partial charge on any atom is -0.481 e. The monoisotopic (exact) mass is 2140 g/mol. The van der Waals surface area contributed by atoms with Gasteiger partial charge >= 0.3 is 29.8 Å². The molecule has 0 unspecified atom stereocenters. The summed E-state index contributed by atoms with van der Waals surface area (Å²) in [6.07, 6.45) is 50.1. The Kier molecular flexibility index (Phi) is 47.5. The maximum absolute atomic E-state index is 14.7. The average Bonchev–Trinajstić information content (AvgIpc) is 0.770. The number of esters is 1. The number of rotatable bonds is 35. The number of hydrogen-bond donors (Lipinski definition) is 4. The molecule has 0 radical (unpaired) electrons. The molecule has 10 saturated carbocycles. The first-order chi connectivity index (χ1) is 69.3. The van der Waals surface area contributed by atoms with Gasteiger partial charge in [-0.15, -0.1) is 0 Å². The first kappa shape index (κ1) is 119. The smallest absolute Gasteiger partial charge is 0.314 e. The minimum atomic E-state index is -2.68. The molecule has 0 saturated heterocycles. The number of aliphatic carboxylic acids is 4. The van der Waals surface area contributed by atoms with E-state index in [0.717, 1.165) is 205 Å². The fourth-order valence-electron chi connectivity index (χ4n) is 27.5. The van der Waals surface area contributed by atoms with Gasteiger partial charge in [-0.3, -0.25) is 24.0 Å². The number of unbranched alkanes of at least 4 members (excludes halogenated alkanes) is 3. The molecule has 10 aliphatic rings. The molecule has 0 heterocycles. The molecule has 15 rings (SSSR count). The standard InChI is InChI=1S/C25H35F3O2S.C24H33F3O2S.C23H31F3O2S.C22H29F3O2S.C21H27F3O2S/c1-2-3-4-5-17-6-8-19(9-7-17)25(14-12-18(13-15-25)23(29)30)20-10-11-22(21(26)16-20)31-24(27)28;1-2-3-4-16-5-7-18(8-6-16)24(13-11-17(12-14-24)22(28)29)19-9-10-21(20(25)15-19)30-23(26)27;1-2-3-15-4-6-17(7-5-15)23(12-10-16(11-13-23)21(27)28)18-8-9-20(19(24)14-18)29-22(25)26;1-2-14-3-5-16(6-4-14)22(11-9-15(10-12-22)20(26)27)17-7-8-19(18(23)13-17)28-21(24)25;1-13-2-4-14(5-3-13)15-6-8-16(9-7-15)20(25)26-17-10-11-19(18(22)12-17)27-21(23)24/h10-11,16-19,24H,2-9,12-15H2,1H3,(H,29,30);9-10,15-18,23H,2-8,11-14H2,1H3,(H,28,29);8-9,14-17,22H,2-7,10-13H2,1H3,(H,27,28);7-8,13-16,21H,2-6,9-12H2,1H3,(H,26,27);10-16,21H,2-9H2,1H3. The summed E-state index contributed by atoms with van der Waals surface area (Å²) in [5.41, 5.74) is 2.54. The highest BCUT2D eigenvalue weighted by atomic mass is 32.2. The quantitative estimate of drug-likeness (QED) is 0.00990. The second kappa shape index (κ2) is 57.7. The van der Waals surface area contributed by atoms with Crippen molar-refractivity contribution in [3.05, 3.63) is 142 Å². The maximum Gasteiger partial charge on any atom is 0.314 e. The molecule has 0 amide bonds. The maximum atomic E-state index is 14.7. The van der Waals surface area contributed by atoms with Crippen LogP contribution < -0.4 is 4.74 Å². The van der Waals surface area contributed by atoms with Crippen molar-refractivity contribution in [1.29, 1.82) is 0 Å². The van der Waals surface area contributed by atoms with Crippen LogP contribution in [0.1, 0.15) is 378 Å². The molecule has 10 nitrogen and oxygen atoms in total. The van der Waals surface area contributed by atoms with Crippen LogP contribution in [0.25, 0.3) is 0 Å². The van der Waals surface area contributed by atoms with Gasteiger partial charge in [-0.1, -0.05) is 246 Å². The Labute approximate surface area is 871 Å². The lowest BCUT2D eigenvalue weighted by Gasteiger charge is -2.48. The molecule has 0 atom stereocenters. The zero-order chi connectivity index (χ0) is 105. The number of carboxylic acids is 4. The minimum absolute atomic E-state index is 0.0206. The van der Waals surface area contributed by atoms with Crippen LogP contribution >= 0.6 is 58.8 Å². The van der Waals surface area contributed by atoms with Gasteiger partial charge in [0, 0.05) is 30.5 Å². The van der Waals surface area contributed by atoms with Gasteiger partial charge in [0.25, 0.3) is 28.8 Å². The van der Waals surface area contributed by atoms with E-state index in [2.05, 4.69) is 34.6 Å². The Hall–Kier alpha value is -5.85. The highest BCUT2D eigenvalue weighted by molar-refractivity contribution is 8.00. The zero-order valence-corrected chi connectivity index (χ0v) is 89.2. The molecule has 0 aromatic heterocycles. The molecule has 5 aromatic carbocycles. The van der Waals surface area contributed by atoms with Crippen LogP contribution in [-0.2, 0) is 45.6 Å². The van der Waals surface area contributed by atoms with Gasteiger partial charge in [0.2, 0.25) is 0 Å². The third kappa shape index (κ3) is 33.3. The van der Waals surface area contributed by atoms with E-state index in [9.17, 15) is 110 Å². The number of benzene rings is 5. The number of carboxylic acid groups (broad SMARTS) is 4. The topological polar surface area (TPSA) is 176 Å². The number of carbonyl (C=O) groups excluding carboxylic acids is 1. The summed E-state index contributed by atoms with van der Waals surface area (Å²) in [6.45, 7) is 11.2. The molecular formula is C115H155F15O10S5. The first-order valence-corrected chi connectivity index (χ1v) is 58.6. The highest BCUT2D eigenvalue weighted by Crippen LogP contribution is 2.59. The summed E-state index contributed by atoms with van der Waals surface area (Å²) < 4.78 is 204. The van der Waals surface area contributed by atoms with E-state index in [-0.39, 0.29) is 146 Å². The molecule has 10 fully saturated rings. The number of halogens is 15. The second-order valence-corrected chi connectivity index (χ2v) is 49.1. The average molecular weight is 2140 g/mol. The summed E-state index contributed by atoms with van der Waals surface area (Å²) in [7, 11) is 0. The first-order valence-electron chi connectivity index (χ1n) is 54.2. The second-order valence-electron chi connectivity index (χ2n) is 43.9. The van der Waals surface area contributed by atoms with E-state index in [1.54, 1.807) is 6.07 Å². The molecule has 10 aliphatic carbocycles. The van der Waals surface area contributed by atoms with Crippen molar-refractivity contribution in [2.24, 2.45) is 94.7 Å². The fraction of sp³-hybridized carbons (Fsp3) is 0.696. The third-order valence-corrected chi connectivity index (χ3v) is 39.8. The van der Waals surface area contributed by atoms with Crippen molar-refractivity contribution in [2.75, 3.05) is 0 Å². The lowest BCUT2D eigenvalue weighted by Crippen LogP contribution is -2.42. The Balaban J connectivity index is 0.000000173. The van der Waals surface area contributed by atoms with E-state index in [1.165, 1.54) is 189 Å². The zero-order valence-electron chi connectivity index (χ0n) is 85.1. The number of ether oxygens (including phenoxy) is 1. The van der Waals surface area contributed by atoms with Gasteiger partial charge in [-0.2, -0.15) is 43.9 Å². The van der Waals surface area contributed by atoms with E-state index in [1.807, 2.05) is 18.2 Å². The summed E-state index contributed by atoms with van der Waals surface area (Å²) in [5, 5.41) is 37.7. The van der Waals surface area contributed by atoms with Gasteiger partial charge < -0.3 is 25.2 Å². The number of alkyl halides is 10. The van der Waals surface area contributed by atoms with Crippen molar-refractivity contribution >= 4 is 88.7 Å². The van der Waals surface area contributed by atoms with Gasteiger partial charge in [-0.25, -0.2) is 22.0 Å². The van der Waals surface area contributed by atoms with Gasteiger partial charge in [0.15, 0.2) is 0 Å². The van der Waals surface area contributed by atoms with Crippen LogP contribution in [0.4, 0.5) is 65.9 Å². The van der Waals surface area contributed by atoms with Crippen LogP contribution in [0.5, 0.6) is 5.75 Å². The summed E-state index contributed by atoms with van der Waals surface area (Å²) in [6, 6.07) is 22.6. The van der Waals surface area contributed by atoms with Crippen molar-refractivity contribution < 1.29 is 115 Å². The summed E-state index contributed by atoms with van der Waals surface area (Å²) in [5.74, 6) is -14.2. The fourth-order valence-corrected chi connectivity index (χ4v) is 30.0. The van der Waals surface area contributed by atoms with Gasteiger partial charge in [-0.05, 0) is 362 Å². The molecular weight excluding hydrogens is 1990 g/mol. The highest BCUT2D eigenvalue weighted by Gasteiger charge is 2.52. The lowest BCUT2D eigenvalue weighted by molar-refractivity contribution is -0.144. The summed E-state index contributed by atoms with van der Waals surface area (Å²) >= 11 is 1.10. The van der Waals surface area contributed by atoms with Crippen LogP contribution in [0, 0.1) is 124 Å². The van der Waals surface area contributed by atoms with Crippen LogP contribution in [0.15, 0.2) is 115 Å². The lowest BCUT2D eigenvalue weighted by atomic mass is 9.56. The Bertz CT molecular complexity index is 4820.